The van der Waals surface area contributed by atoms with Crippen LogP contribution in [0.25, 0.3) is 5.57 Å². The monoisotopic (exact) mass is 208 g/mol. The minimum atomic E-state index is 1.12. The lowest BCUT2D eigenvalue weighted by Gasteiger charge is -2.00. The van der Waals surface area contributed by atoms with Gasteiger partial charge in [-0.3, -0.25) is 0 Å². The van der Waals surface area contributed by atoms with Crippen molar-refractivity contribution in [2.75, 3.05) is 0 Å². The quantitative estimate of drug-likeness (QED) is 0.614. The van der Waals surface area contributed by atoms with Crippen LogP contribution in [0.5, 0.6) is 0 Å². The van der Waals surface area contributed by atoms with Crippen LogP contribution in [-0.2, 0) is 6.42 Å². The average Bonchev–Trinajstić information content (AvgIpc) is 2.35. The van der Waals surface area contributed by atoms with E-state index in [9.17, 15) is 0 Å². The molecule has 0 nitrogen and oxygen atoms in total. The molecule has 0 heterocycles. The summed E-state index contributed by atoms with van der Waals surface area (Å²) in [5.74, 6) is 0. The zero-order valence-electron chi connectivity index (χ0n) is 6.23. The number of hydrogen-bond donors (Lipinski definition) is 0. The summed E-state index contributed by atoms with van der Waals surface area (Å²) in [4.78, 5) is 0. The van der Waals surface area contributed by atoms with Crippen LogP contribution in [0.15, 0.2) is 29.3 Å². The minimum absolute atomic E-state index is 1.12. The number of halogens is 1. The second kappa shape index (κ2) is 2.49. The van der Waals surface area contributed by atoms with Gasteiger partial charge in [-0.15, -0.1) is 0 Å². The third kappa shape index (κ3) is 1.04. The lowest BCUT2D eigenvalue weighted by molar-refractivity contribution is 1.07. The number of rotatable bonds is 0. The zero-order chi connectivity index (χ0) is 7.84. The Bertz CT molecular complexity index is 313. The topological polar surface area (TPSA) is 0 Å². The Morgan fingerprint density at radius 3 is 2.82 bits per heavy atom. The largest absolute Gasteiger partial charge is 0.0952 e. The van der Waals surface area contributed by atoms with Crippen molar-refractivity contribution < 1.29 is 0 Å². The highest BCUT2D eigenvalue weighted by molar-refractivity contribution is 9.10. The van der Waals surface area contributed by atoms with Gasteiger partial charge in [-0.05, 0) is 35.6 Å². The van der Waals surface area contributed by atoms with Gasteiger partial charge in [-0.25, -0.2) is 0 Å². The second-order valence-electron chi connectivity index (χ2n) is 2.87. The van der Waals surface area contributed by atoms with Crippen molar-refractivity contribution in [3.05, 3.63) is 40.4 Å². The summed E-state index contributed by atoms with van der Waals surface area (Å²) >= 11 is 3.53. The Morgan fingerprint density at radius 1 is 1.27 bits per heavy atom. The highest BCUT2D eigenvalue weighted by Crippen LogP contribution is 2.34. The fraction of sp³-hybridized carbons (Fsp3) is 0.200. The summed E-state index contributed by atoms with van der Waals surface area (Å²) in [6.45, 7) is 4.02. The van der Waals surface area contributed by atoms with Gasteiger partial charge in [0.25, 0.3) is 0 Å². The Hall–Kier alpha value is -0.560. The van der Waals surface area contributed by atoms with Crippen LogP contribution in [0, 0.1) is 0 Å². The maximum Gasteiger partial charge on any atom is 0.0213 e. The lowest BCUT2D eigenvalue weighted by Crippen LogP contribution is -1.80. The molecular formula is C10H9Br. The van der Waals surface area contributed by atoms with Gasteiger partial charge in [0, 0.05) is 4.47 Å². The molecule has 0 radical (unpaired) electrons. The molecule has 0 saturated heterocycles. The molecule has 0 unspecified atom stereocenters. The van der Waals surface area contributed by atoms with Gasteiger partial charge >= 0.3 is 0 Å². The van der Waals surface area contributed by atoms with Crippen molar-refractivity contribution >= 4 is 21.5 Å². The first-order valence-corrected chi connectivity index (χ1v) is 4.54. The molecule has 11 heavy (non-hydrogen) atoms. The first kappa shape index (κ1) is 7.11. The van der Waals surface area contributed by atoms with Gasteiger partial charge in [-0.2, -0.15) is 0 Å². The van der Waals surface area contributed by atoms with Crippen LogP contribution < -0.4 is 0 Å². The van der Waals surface area contributed by atoms with E-state index in [0.717, 1.165) is 12.8 Å². The Balaban J connectivity index is 2.66. The summed E-state index contributed by atoms with van der Waals surface area (Å²) in [6, 6.07) is 6.31. The third-order valence-corrected chi connectivity index (χ3v) is 2.92. The van der Waals surface area contributed by atoms with E-state index in [1.54, 1.807) is 0 Å². The average molecular weight is 209 g/mol. The van der Waals surface area contributed by atoms with E-state index in [1.165, 1.54) is 21.2 Å². The van der Waals surface area contributed by atoms with Crippen LogP contribution in [0.2, 0.25) is 0 Å². The zero-order valence-corrected chi connectivity index (χ0v) is 7.82. The highest BCUT2D eigenvalue weighted by Gasteiger charge is 2.15. The van der Waals surface area contributed by atoms with Crippen molar-refractivity contribution in [2.24, 2.45) is 0 Å². The van der Waals surface area contributed by atoms with Crippen molar-refractivity contribution in [1.82, 2.24) is 0 Å². The Labute approximate surface area is 75.1 Å². The first-order valence-electron chi connectivity index (χ1n) is 3.74. The molecule has 0 aromatic heterocycles. The van der Waals surface area contributed by atoms with E-state index in [0.29, 0.717) is 0 Å². The number of fused-ring (bicyclic) bond motifs is 1. The highest BCUT2D eigenvalue weighted by atomic mass is 79.9. The molecule has 1 aromatic rings. The molecule has 2 rings (SSSR count). The fourth-order valence-electron chi connectivity index (χ4n) is 1.55. The maximum absolute atomic E-state index is 4.02. The van der Waals surface area contributed by atoms with Crippen LogP contribution in [0.3, 0.4) is 0 Å². The van der Waals surface area contributed by atoms with Gasteiger partial charge in [0.15, 0.2) is 0 Å². The molecule has 1 aliphatic rings. The third-order valence-electron chi connectivity index (χ3n) is 2.18. The molecule has 0 bridgehead atoms. The molecule has 1 aliphatic carbocycles. The predicted molar refractivity (Wildman–Crippen MR) is 51.5 cm³/mol. The summed E-state index contributed by atoms with van der Waals surface area (Å²) in [7, 11) is 0. The molecule has 0 spiro atoms. The standard InChI is InChI=1S/C10H9Br/c1-7-5-6-9-8(7)3-2-4-10(9)11/h2-4H,1,5-6H2. The van der Waals surface area contributed by atoms with E-state index >= 15 is 0 Å². The molecule has 0 amide bonds. The van der Waals surface area contributed by atoms with Gasteiger partial charge in [0.1, 0.15) is 0 Å². The van der Waals surface area contributed by atoms with E-state index in [1.807, 2.05) is 0 Å². The van der Waals surface area contributed by atoms with E-state index in [2.05, 4.69) is 40.7 Å². The summed E-state index contributed by atoms with van der Waals surface area (Å²) < 4.78 is 1.23. The van der Waals surface area contributed by atoms with Crippen LogP contribution in [-0.4, -0.2) is 0 Å². The van der Waals surface area contributed by atoms with Crippen molar-refractivity contribution in [2.45, 2.75) is 12.8 Å². The molecular weight excluding hydrogens is 200 g/mol. The van der Waals surface area contributed by atoms with Crippen LogP contribution >= 0.6 is 15.9 Å². The molecule has 0 fully saturated rings. The molecule has 0 aliphatic heterocycles. The van der Waals surface area contributed by atoms with Gasteiger partial charge in [0.05, 0.1) is 0 Å². The Morgan fingerprint density at radius 2 is 2.09 bits per heavy atom. The predicted octanol–water partition coefficient (Wildman–Crippen LogP) is 3.41. The van der Waals surface area contributed by atoms with Gasteiger partial charge < -0.3 is 0 Å². The van der Waals surface area contributed by atoms with Crippen LogP contribution in [0.1, 0.15) is 17.5 Å². The normalized spacial score (nSPS) is 15.2. The van der Waals surface area contributed by atoms with Crippen molar-refractivity contribution in [1.29, 1.82) is 0 Å². The molecule has 56 valence electrons. The number of hydrogen-bond acceptors (Lipinski definition) is 0. The van der Waals surface area contributed by atoms with Gasteiger partial charge in [0.2, 0.25) is 0 Å². The number of allylic oxidation sites excluding steroid dienone is 1. The maximum atomic E-state index is 4.02. The van der Waals surface area contributed by atoms with Crippen LogP contribution in [0.4, 0.5) is 0 Å². The Kier molecular flexibility index (Phi) is 1.61. The molecule has 0 atom stereocenters. The molecule has 1 aromatic carbocycles. The summed E-state index contributed by atoms with van der Waals surface area (Å²) in [5.41, 5.74) is 4.05. The minimum Gasteiger partial charge on any atom is -0.0952 e. The van der Waals surface area contributed by atoms with E-state index < -0.39 is 0 Å². The smallest absolute Gasteiger partial charge is 0.0213 e. The van der Waals surface area contributed by atoms with Crippen molar-refractivity contribution in [3.8, 4) is 0 Å². The first-order chi connectivity index (χ1) is 5.29. The number of benzene rings is 1. The fourth-order valence-corrected chi connectivity index (χ4v) is 2.12. The molecule has 0 N–H and O–H groups in total. The van der Waals surface area contributed by atoms with Crippen molar-refractivity contribution in [3.63, 3.8) is 0 Å². The molecule has 1 heteroatoms. The summed E-state index contributed by atoms with van der Waals surface area (Å²) in [6.07, 6.45) is 2.27. The van der Waals surface area contributed by atoms with E-state index in [4.69, 9.17) is 0 Å². The molecule has 0 saturated carbocycles. The SMILES string of the molecule is C=C1CCc2c(Br)cccc21. The van der Waals surface area contributed by atoms with E-state index in [-0.39, 0.29) is 0 Å². The summed E-state index contributed by atoms with van der Waals surface area (Å²) in [5, 5.41) is 0. The van der Waals surface area contributed by atoms with Gasteiger partial charge in [-0.1, -0.05) is 34.6 Å². The second-order valence-corrected chi connectivity index (χ2v) is 3.72. The lowest BCUT2D eigenvalue weighted by atomic mass is 10.1.